The van der Waals surface area contributed by atoms with Crippen LogP contribution in [0.3, 0.4) is 0 Å². The Balaban J connectivity index is 1.82. The molecule has 1 atom stereocenters. The first-order valence-electron chi connectivity index (χ1n) is 8.65. The average molecular weight is 401 g/mol. The summed E-state index contributed by atoms with van der Waals surface area (Å²) < 4.78 is 12.3. The van der Waals surface area contributed by atoms with Crippen LogP contribution in [0.15, 0.2) is 42.5 Å². The molecule has 8 heteroatoms. The van der Waals surface area contributed by atoms with E-state index in [1.165, 1.54) is 0 Å². The van der Waals surface area contributed by atoms with Crippen molar-refractivity contribution in [3.63, 3.8) is 0 Å². The van der Waals surface area contributed by atoms with Crippen LogP contribution in [-0.2, 0) is 0 Å². The van der Waals surface area contributed by atoms with Crippen LogP contribution in [0.4, 0.5) is 0 Å². The van der Waals surface area contributed by atoms with Gasteiger partial charge in [0.05, 0.1) is 25.9 Å². The molecule has 3 rings (SSSR count). The number of carbonyl (C=O) groups is 1. The van der Waals surface area contributed by atoms with Gasteiger partial charge in [0.15, 0.2) is 0 Å². The van der Waals surface area contributed by atoms with Crippen molar-refractivity contribution in [2.24, 2.45) is 0 Å². The Kier molecular flexibility index (Phi) is 5.84. The molecule has 1 heterocycles. The number of halogens is 1. The molecule has 0 spiro atoms. The molecule has 0 saturated heterocycles. The number of nitrogens with zero attached hydrogens (tertiary/aromatic N) is 3. The highest BCUT2D eigenvalue weighted by Gasteiger charge is 2.20. The number of carbonyl (C=O) groups excluding carboxylic acids is 1. The molecule has 7 nitrogen and oxygen atoms in total. The highest BCUT2D eigenvalue weighted by atomic mass is 35.5. The summed E-state index contributed by atoms with van der Waals surface area (Å²) in [5.74, 6) is 1.63. The molecule has 0 bridgehead atoms. The van der Waals surface area contributed by atoms with E-state index in [0.29, 0.717) is 22.3 Å². The van der Waals surface area contributed by atoms with Gasteiger partial charge in [-0.3, -0.25) is 4.79 Å². The average Bonchev–Trinajstić information content (AvgIpc) is 3.09. The summed E-state index contributed by atoms with van der Waals surface area (Å²) in [7, 11) is 3.17. The van der Waals surface area contributed by atoms with Gasteiger partial charge in [-0.1, -0.05) is 11.6 Å². The van der Waals surface area contributed by atoms with E-state index in [2.05, 4.69) is 15.4 Å². The van der Waals surface area contributed by atoms with Gasteiger partial charge in [0.1, 0.15) is 17.3 Å². The maximum atomic E-state index is 12.7. The van der Waals surface area contributed by atoms with E-state index in [9.17, 15) is 4.79 Å². The molecule has 0 saturated carbocycles. The van der Waals surface area contributed by atoms with Crippen LogP contribution in [0.2, 0.25) is 5.02 Å². The van der Waals surface area contributed by atoms with Crippen molar-refractivity contribution in [1.82, 2.24) is 20.1 Å². The maximum absolute atomic E-state index is 12.7. The minimum absolute atomic E-state index is 0.0844. The zero-order valence-electron chi connectivity index (χ0n) is 16.1. The fourth-order valence-corrected chi connectivity index (χ4v) is 2.96. The van der Waals surface area contributed by atoms with E-state index in [1.54, 1.807) is 50.1 Å². The van der Waals surface area contributed by atoms with E-state index in [0.717, 1.165) is 11.3 Å². The van der Waals surface area contributed by atoms with E-state index in [1.807, 2.05) is 25.1 Å². The number of nitrogens with one attached hydrogen (secondary N) is 1. The molecule has 28 heavy (non-hydrogen) atoms. The Morgan fingerprint density at radius 3 is 2.50 bits per heavy atom. The summed E-state index contributed by atoms with van der Waals surface area (Å²) in [5.41, 5.74) is 1.57. The van der Waals surface area contributed by atoms with Gasteiger partial charge < -0.3 is 14.8 Å². The lowest BCUT2D eigenvalue weighted by Crippen LogP contribution is -2.28. The van der Waals surface area contributed by atoms with Gasteiger partial charge in [-0.15, -0.1) is 5.10 Å². The second-order valence-corrected chi connectivity index (χ2v) is 6.61. The van der Waals surface area contributed by atoms with E-state index < -0.39 is 0 Å². The van der Waals surface area contributed by atoms with Crippen LogP contribution in [0.1, 0.15) is 35.0 Å². The van der Waals surface area contributed by atoms with E-state index in [4.69, 9.17) is 21.1 Å². The first-order valence-corrected chi connectivity index (χ1v) is 9.03. The molecule has 2 aromatic carbocycles. The van der Waals surface area contributed by atoms with Gasteiger partial charge in [-0.25, -0.2) is 9.67 Å². The summed E-state index contributed by atoms with van der Waals surface area (Å²) in [6, 6.07) is 12.2. The Morgan fingerprint density at radius 1 is 1.14 bits per heavy atom. The van der Waals surface area contributed by atoms with Crippen molar-refractivity contribution in [1.29, 1.82) is 0 Å². The molecule has 0 aliphatic carbocycles. The highest BCUT2D eigenvalue weighted by molar-refractivity contribution is 6.30. The molecule has 1 amide bonds. The van der Waals surface area contributed by atoms with E-state index in [-0.39, 0.29) is 17.8 Å². The van der Waals surface area contributed by atoms with Crippen LogP contribution in [0.5, 0.6) is 11.5 Å². The topological polar surface area (TPSA) is 78.3 Å². The van der Waals surface area contributed by atoms with E-state index >= 15 is 0 Å². The summed E-state index contributed by atoms with van der Waals surface area (Å²) in [6.45, 7) is 3.64. The minimum atomic E-state index is -0.381. The predicted octanol–water partition coefficient (Wildman–Crippen LogP) is 3.74. The zero-order valence-corrected chi connectivity index (χ0v) is 16.8. The van der Waals surface area contributed by atoms with Gasteiger partial charge in [0.2, 0.25) is 5.82 Å². The number of rotatable bonds is 6. The number of aromatic nitrogens is 3. The molecule has 0 unspecified atom stereocenters. The molecule has 146 valence electrons. The zero-order chi connectivity index (χ0) is 20.3. The normalized spacial score (nSPS) is 11.8. The summed E-state index contributed by atoms with van der Waals surface area (Å²) in [6.07, 6.45) is 0. The van der Waals surface area contributed by atoms with Gasteiger partial charge in [0.25, 0.3) is 5.91 Å². The summed E-state index contributed by atoms with van der Waals surface area (Å²) in [5, 5.41) is 7.86. The molecule has 3 aromatic rings. The van der Waals surface area contributed by atoms with Crippen LogP contribution in [0, 0.1) is 6.92 Å². The first-order chi connectivity index (χ1) is 13.4. The molecule has 0 radical (unpaired) electrons. The lowest BCUT2D eigenvalue weighted by atomic mass is 10.1. The Morgan fingerprint density at radius 2 is 1.86 bits per heavy atom. The van der Waals surface area contributed by atoms with Gasteiger partial charge >= 0.3 is 0 Å². The number of aryl methyl sites for hydroxylation is 1. The van der Waals surface area contributed by atoms with Crippen molar-refractivity contribution in [2.75, 3.05) is 14.2 Å². The third-order valence-corrected chi connectivity index (χ3v) is 4.55. The monoisotopic (exact) mass is 400 g/mol. The Bertz CT molecular complexity index is 986. The molecule has 0 fully saturated rings. The summed E-state index contributed by atoms with van der Waals surface area (Å²) in [4.78, 5) is 17.0. The summed E-state index contributed by atoms with van der Waals surface area (Å²) >= 11 is 5.93. The number of amides is 1. The van der Waals surface area contributed by atoms with Crippen molar-refractivity contribution in [3.05, 3.63) is 64.7 Å². The first kappa shape index (κ1) is 19.7. The third-order valence-electron chi connectivity index (χ3n) is 4.29. The van der Waals surface area contributed by atoms with Crippen LogP contribution in [0.25, 0.3) is 5.69 Å². The fourth-order valence-electron chi connectivity index (χ4n) is 2.83. The molecule has 1 N–H and O–H groups in total. The third kappa shape index (κ3) is 4.09. The number of ether oxygens (including phenoxy) is 2. The number of hydrogen-bond donors (Lipinski definition) is 1. The molecular weight excluding hydrogens is 380 g/mol. The Labute approximate surface area is 168 Å². The van der Waals surface area contributed by atoms with Crippen LogP contribution < -0.4 is 14.8 Å². The largest absolute Gasteiger partial charge is 0.497 e. The Hall–Kier alpha value is -3.06. The lowest BCUT2D eigenvalue weighted by molar-refractivity contribution is 0.0929. The van der Waals surface area contributed by atoms with Crippen molar-refractivity contribution < 1.29 is 14.3 Å². The maximum Gasteiger partial charge on any atom is 0.291 e. The smallest absolute Gasteiger partial charge is 0.291 e. The van der Waals surface area contributed by atoms with Crippen molar-refractivity contribution >= 4 is 17.5 Å². The van der Waals surface area contributed by atoms with Crippen LogP contribution >= 0.6 is 11.6 Å². The lowest BCUT2D eigenvalue weighted by Gasteiger charge is -2.17. The van der Waals surface area contributed by atoms with Gasteiger partial charge in [-0.2, -0.15) is 0 Å². The van der Waals surface area contributed by atoms with Gasteiger partial charge in [-0.05, 0) is 56.3 Å². The van der Waals surface area contributed by atoms with Crippen LogP contribution in [-0.4, -0.2) is 34.9 Å². The number of benzene rings is 2. The molecular formula is C20H21ClN4O3. The second kappa shape index (κ2) is 8.31. The molecule has 0 aliphatic rings. The fraction of sp³-hybridized carbons (Fsp3) is 0.250. The second-order valence-electron chi connectivity index (χ2n) is 6.17. The quantitative estimate of drug-likeness (QED) is 0.682. The van der Waals surface area contributed by atoms with Crippen molar-refractivity contribution in [2.45, 2.75) is 19.9 Å². The molecule has 0 aliphatic heterocycles. The minimum Gasteiger partial charge on any atom is -0.497 e. The molecule has 1 aromatic heterocycles. The standard InChI is InChI=1S/C20H21ClN4O3/c1-12(17-11-16(27-3)9-10-18(17)28-4)22-20(26)19-23-13(2)25(24-19)15-7-5-14(21)6-8-15/h5-12H,1-4H3,(H,22,26)/t12-/m1/s1. The number of methoxy groups -OCH3 is 2. The predicted molar refractivity (Wildman–Crippen MR) is 107 cm³/mol. The van der Waals surface area contributed by atoms with Crippen molar-refractivity contribution in [3.8, 4) is 17.2 Å². The highest BCUT2D eigenvalue weighted by Crippen LogP contribution is 2.29. The number of hydrogen-bond acceptors (Lipinski definition) is 5. The SMILES string of the molecule is COc1ccc(OC)c([C@@H](C)NC(=O)c2nc(C)n(-c3ccc(Cl)cc3)n2)c1. The van der Waals surface area contributed by atoms with Gasteiger partial charge in [0, 0.05) is 10.6 Å².